The van der Waals surface area contributed by atoms with E-state index in [0.29, 0.717) is 5.92 Å². The van der Waals surface area contributed by atoms with Crippen LogP contribution in [-0.4, -0.2) is 49.6 Å². The van der Waals surface area contributed by atoms with Crippen molar-refractivity contribution < 1.29 is 4.79 Å². The highest BCUT2D eigenvalue weighted by molar-refractivity contribution is 5.82. The summed E-state index contributed by atoms with van der Waals surface area (Å²) in [5.74, 6) is 0.829. The van der Waals surface area contributed by atoms with Gasteiger partial charge in [-0.25, -0.2) is 0 Å². The monoisotopic (exact) mass is 227 g/mol. The largest absolute Gasteiger partial charge is 0.341 e. The molecule has 1 saturated heterocycles. The lowest BCUT2D eigenvalue weighted by molar-refractivity contribution is -0.134. The molecule has 0 aromatic carbocycles. The van der Waals surface area contributed by atoms with Gasteiger partial charge in [0.25, 0.3) is 0 Å². The van der Waals surface area contributed by atoms with E-state index in [1.54, 1.807) is 0 Å². The van der Waals surface area contributed by atoms with Gasteiger partial charge in [0, 0.05) is 32.7 Å². The Hall–Kier alpha value is -0.610. The van der Waals surface area contributed by atoms with Crippen molar-refractivity contribution in [2.24, 2.45) is 5.92 Å². The highest BCUT2D eigenvalue weighted by atomic mass is 16.2. The molecule has 4 heteroatoms. The summed E-state index contributed by atoms with van der Waals surface area (Å²) in [5.41, 5.74) is 0. The first kappa shape index (κ1) is 13.5. The molecule has 0 spiro atoms. The molecule has 0 bridgehead atoms. The lowest BCUT2D eigenvalue weighted by Crippen LogP contribution is -2.57. The van der Waals surface area contributed by atoms with Crippen molar-refractivity contribution in [2.75, 3.05) is 32.7 Å². The Morgan fingerprint density at radius 2 is 2.19 bits per heavy atom. The fraction of sp³-hybridized carbons (Fsp3) is 0.917. The van der Waals surface area contributed by atoms with Crippen LogP contribution in [0.5, 0.6) is 0 Å². The van der Waals surface area contributed by atoms with Crippen LogP contribution in [0.4, 0.5) is 0 Å². The second kappa shape index (κ2) is 6.86. The zero-order chi connectivity index (χ0) is 12.0. The van der Waals surface area contributed by atoms with Crippen LogP contribution >= 0.6 is 0 Å². The molecule has 0 saturated carbocycles. The van der Waals surface area contributed by atoms with E-state index in [2.05, 4.69) is 31.4 Å². The van der Waals surface area contributed by atoms with E-state index < -0.39 is 0 Å². The van der Waals surface area contributed by atoms with Crippen molar-refractivity contribution >= 4 is 5.91 Å². The third-order valence-corrected chi connectivity index (χ3v) is 3.26. The Morgan fingerprint density at radius 3 is 2.69 bits per heavy atom. The maximum Gasteiger partial charge on any atom is 0.241 e. The molecule has 16 heavy (non-hydrogen) atoms. The number of hydrogen-bond acceptors (Lipinski definition) is 3. The molecule has 1 rings (SSSR count). The molecule has 0 radical (unpaired) electrons. The molecule has 2 N–H and O–H groups in total. The lowest BCUT2D eigenvalue weighted by Gasteiger charge is -2.31. The number of carbonyl (C=O) groups is 1. The molecule has 2 unspecified atom stereocenters. The van der Waals surface area contributed by atoms with Crippen LogP contribution in [0.25, 0.3) is 0 Å². The van der Waals surface area contributed by atoms with Gasteiger partial charge in [0.05, 0.1) is 6.04 Å². The van der Waals surface area contributed by atoms with Gasteiger partial charge in [0.2, 0.25) is 5.91 Å². The van der Waals surface area contributed by atoms with Crippen molar-refractivity contribution in [3.63, 3.8) is 0 Å². The van der Waals surface area contributed by atoms with Gasteiger partial charge in [-0.1, -0.05) is 20.3 Å². The molecule has 4 nitrogen and oxygen atoms in total. The SMILES string of the molecule is CCC(C)CN(CC)C(=O)C1CNCCN1. The standard InChI is InChI=1S/C12H25N3O/c1-4-10(3)9-15(5-2)12(16)11-8-13-6-7-14-11/h10-11,13-14H,4-9H2,1-3H3. The zero-order valence-corrected chi connectivity index (χ0v) is 10.8. The van der Waals surface area contributed by atoms with Crippen molar-refractivity contribution in [3.8, 4) is 0 Å². The van der Waals surface area contributed by atoms with E-state index in [4.69, 9.17) is 0 Å². The summed E-state index contributed by atoms with van der Waals surface area (Å²) < 4.78 is 0. The average Bonchev–Trinajstić information content (AvgIpc) is 2.35. The molecule has 2 atom stereocenters. The molecular formula is C12H25N3O. The van der Waals surface area contributed by atoms with Gasteiger partial charge < -0.3 is 15.5 Å². The summed E-state index contributed by atoms with van der Waals surface area (Å²) in [5, 5.41) is 6.52. The summed E-state index contributed by atoms with van der Waals surface area (Å²) in [6, 6.07) is -0.0299. The van der Waals surface area contributed by atoms with Crippen LogP contribution in [0.1, 0.15) is 27.2 Å². The van der Waals surface area contributed by atoms with Crippen molar-refractivity contribution in [1.29, 1.82) is 0 Å². The predicted octanol–water partition coefficient (Wildman–Crippen LogP) is 0.442. The molecule has 1 aliphatic rings. The van der Waals surface area contributed by atoms with E-state index in [-0.39, 0.29) is 11.9 Å². The minimum absolute atomic E-state index is 0.0299. The fourth-order valence-corrected chi connectivity index (χ4v) is 1.93. The van der Waals surface area contributed by atoms with Crippen LogP contribution in [0, 0.1) is 5.92 Å². The molecule has 1 fully saturated rings. The number of piperazine rings is 1. The molecule has 0 aromatic rings. The van der Waals surface area contributed by atoms with Gasteiger partial charge in [-0.05, 0) is 12.8 Å². The Balaban J connectivity index is 2.47. The third kappa shape index (κ3) is 3.76. The number of nitrogens with one attached hydrogen (secondary N) is 2. The van der Waals surface area contributed by atoms with Gasteiger partial charge in [0.15, 0.2) is 0 Å². The Kier molecular flexibility index (Phi) is 5.77. The minimum atomic E-state index is -0.0299. The van der Waals surface area contributed by atoms with Gasteiger partial charge in [-0.3, -0.25) is 4.79 Å². The van der Waals surface area contributed by atoms with Crippen LogP contribution in [-0.2, 0) is 4.79 Å². The number of hydrogen-bond donors (Lipinski definition) is 2. The smallest absolute Gasteiger partial charge is 0.241 e. The Bertz CT molecular complexity index is 214. The molecule has 1 heterocycles. The highest BCUT2D eigenvalue weighted by Gasteiger charge is 2.25. The van der Waals surface area contributed by atoms with Crippen LogP contribution in [0.2, 0.25) is 0 Å². The van der Waals surface area contributed by atoms with Gasteiger partial charge in [-0.2, -0.15) is 0 Å². The molecule has 1 aliphatic heterocycles. The van der Waals surface area contributed by atoms with E-state index in [1.165, 1.54) is 0 Å². The summed E-state index contributed by atoms with van der Waals surface area (Å²) in [6.45, 7) is 10.7. The maximum atomic E-state index is 12.2. The molecule has 0 aromatic heterocycles. The molecule has 1 amide bonds. The first-order valence-electron chi connectivity index (χ1n) is 6.41. The number of amides is 1. The quantitative estimate of drug-likeness (QED) is 0.716. The number of rotatable bonds is 5. The lowest BCUT2D eigenvalue weighted by atomic mass is 10.1. The summed E-state index contributed by atoms with van der Waals surface area (Å²) >= 11 is 0. The molecule has 94 valence electrons. The maximum absolute atomic E-state index is 12.2. The second-order valence-corrected chi connectivity index (χ2v) is 4.60. The second-order valence-electron chi connectivity index (χ2n) is 4.60. The van der Waals surface area contributed by atoms with Crippen LogP contribution in [0.3, 0.4) is 0 Å². The van der Waals surface area contributed by atoms with Crippen molar-refractivity contribution in [1.82, 2.24) is 15.5 Å². The summed E-state index contributed by atoms with van der Waals surface area (Å²) in [7, 11) is 0. The van der Waals surface area contributed by atoms with Crippen molar-refractivity contribution in [3.05, 3.63) is 0 Å². The van der Waals surface area contributed by atoms with Gasteiger partial charge in [0.1, 0.15) is 0 Å². The van der Waals surface area contributed by atoms with Gasteiger partial charge in [-0.15, -0.1) is 0 Å². The zero-order valence-electron chi connectivity index (χ0n) is 10.8. The number of likely N-dealkylation sites (N-methyl/N-ethyl adjacent to an activating group) is 1. The Labute approximate surface area is 98.8 Å². The molecule has 0 aliphatic carbocycles. The van der Waals surface area contributed by atoms with Crippen LogP contribution in [0.15, 0.2) is 0 Å². The number of carbonyl (C=O) groups excluding carboxylic acids is 1. The predicted molar refractivity (Wildman–Crippen MR) is 66.4 cm³/mol. The highest BCUT2D eigenvalue weighted by Crippen LogP contribution is 2.06. The topological polar surface area (TPSA) is 44.4 Å². The summed E-state index contributed by atoms with van der Waals surface area (Å²) in [6.07, 6.45) is 1.13. The van der Waals surface area contributed by atoms with E-state index in [9.17, 15) is 4.79 Å². The minimum Gasteiger partial charge on any atom is -0.341 e. The first-order valence-corrected chi connectivity index (χ1v) is 6.41. The van der Waals surface area contributed by atoms with E-state index >= 15 is 0 Å². The Morgan fingerprint density at radius 1 is 1.44 bits per heavy atom. The van der Waals surface area contributed by atoms with E-state index in [1.807, 2.05) is 4.90 Å². The summed E-state index contributed by atoms with van der Waals surface area (Å²) in [4.78, 5) is 14.2. The van der Waals surface area contributed by atoms with Crippen LogP contribution < -0.4 is 10.6 Å². The van der Waals surface area contributed by atoms with Crippen molar-refractivity contribution in [2.45, 2.75) is 33.2 Å². The van der Waals surface area contributed by atoms with E-state index in [0.717, 1.165) is 39.1 Å². The fourth-order valence-electron chi connectivity index (χ4n) is 1.93. The third-order valence-electron chi connectivity index (χ3n) is 3.26. The van der Waals surface area contributed by atoms with Gasteiger partial charge >= 0.3 is 0 Å². The first-order chi connectivity index (χ1) is 7.69. The normalized spacial score (nSPS) is 22.8. The molecular weight excluding hydrogens is 202 g/mol. The number of nitrogens with zero attached hydrogens (tertiary/aromatic N) is 1. The average molecular weight is 227 g/mol.